The van der Waals surface area contributed by atoms with Gasteiger partial charge in [-0.3, -0.25) is 4.79 Å². The maximum atomic E-state index is 11.9. The number of guanidine groups is 1. The Labute approximate surface area is 132 Å². The van der Waals surface area contributed by atoms with Crippen molar-refractivity contribution in [3.63, 3.8) is 0 Å². The van der Waals surface area contributed by atoms with Crippen molar-refractivity contribution in [1.82, 2.24) is 0 Å². The summed E-state index contributed by atoms with van der Waals surface area (Å²) in [7, 11) is -3.64. The number of amides is 1. The number of nitrogens with zero attached hydrogens (tertiary/aromatic N) is 1. The number of nitrogens with two attached hydrogens (primary N) is 2. The second-order valence-electron chi connectivity index (χ2n) is 4.51. The van der Waals surface area contributed by atoms with Crippen LogP contribution in [0.4, 0.5) is 0 Å². The van der Waals surface area contributed by atoms with Crippen LogP contribution in [0.3, 0.4) is 0 Å². The summed E-state index contributed by atoms with van der Waals surface area (Å²) < 4.78 is 23.7. The lowest BCUT2D eigenvalue weighted by Gasteiger charge is -2.15. The van der Waals surface area contributed by atoms with Crippen LogP contribution in [-0.2, 0) is 9.84 Å². The Bertz CT molecular complexity index is 697. The summed E-state index contributed by atoms with van der Waals surface area (Å²) in [5, 5.41) is 17.6. The predicted molar refractivity (Wildman–Crippen MR) is 83.2 cm³/mol. The molecule has 0 saturated carbocycles. The smallest absolute Gasteiger partial charge is 0.280 e. The Kier molecular flexibility index (Phi) is 5.94. The lowest BCUT2D eigenvalue weighted by atomic mass is 10.2. The molecular weight excluding hydrogens is 330 g/mol. The maximum Gasteiger partial charge on any atom is 0.280 e. The summed E-state index contributed by atoms with van der Waals surface area (Å²) in [6, 6.07) is 3.92. The third kappa shape index (κ3) is 4.98. The van der Waals surface area contributed by atoms with Crippen LogP contribution in [0.5, 0.6) is 0 Å². The zero-order valence-electron chi connectivity index (χ0n) is 11.9. The molecule has 0 saturated heterocycles. The first-order valence-electron chi connectivity index (χ1n) is 6.03. The monoisotopic (exact) mass is 347 g/mol. The van der Waals surface area contributed by atoms with Gasteiger partial charge < -0.3 is 21.7 Å². The number of hydrogen-bond acceptors (Lipinski definition) is 6. The van der Waals surface area contributed by atoms with E-state index in [1.165, 1.54) is 19.1 Å². The van der Waals surface area contributed by atoms with Crippen LogP contribution in [0.2, 0.25) is 0 Å². The Morgan fingerprint density at radius 2 is 1.91 bits per heavy atom. The predicted octanol–water partition coefficient (Wildman–Crippen LogP) is -0.705. The van der Waals surface area contributed by atoms with Gasteiger partial charge >= 0.3 is 0 Å². The fourth-order valence-corrected chi connectivity index (χ4v) is 3.69. The molecule has 0 aliphatic carbocycles. The third-order valence-electron chi connectivity index (χ3n) is 2.55. The van der Waals surface area contributed by atoms with Crippen molar-refractivity contribution in [2.45, 2.75) is 28.3 Å². The van der Waals surface area contributed by atoms with E-state index in [1.54, 1.807) is 0 Å². The van der Waals surface area contributed by atoms with Crippen molar-refractivity contribution >= 4 is 33.5 Å². The number of aliphatic hydroxyl groups is 2. The van der Waals surface area contributed by atoms with Gasteiger partial charge in [-0.25, -0.2) is 8.42 Å². The minimum atomic E-state index is -3.64. The highest BCUT2D eigenvalue weighted by atomic mass is 32.2. The first-order chi connectivity index (χ1) is 10.0. The van der Waals surface area contributed by atoms with E-state index < -0.39 is 33.2 Å². The van der Waals surface area contributed by atoms with E-state index in [-0.39, 0.29) is 10.5 Å². The van der Waals surface area contributed by atoms with Gasteiger partial charge in [-0.2, -0.15) is 4.99 Å². The normalized spacial score (nSPS) is 13.0. The van der Waals surface area contributed by atoms with Crippen molar-refractivity contribution in [2.24, 2.45) is 16.5 Å². The molecule has 6 N–H and O–H groups in total. The molecule has 0 bridgehead atoms. The van der Waals surface area contributed by atoms with Gasteiger partial charge in [-0.05, 0) is 25.1 Å². The topological polar surface area (TPSA) is 156 Å². The molecule has 1 aromatic carbocycles. The third-order valence-corrected chi connectivity index (χ3v) is 5.04. The molecule has 0 aliphatic heterocycles. The lowest BCUT2D eigenvalue weighted by molar-refractivity contribution is -0.0367. The van der Waals surface area contributed by atoms with Crippen molar-refractivity contribution in [3.8, 4) is 0 Å². The van der Waals surface area contributed by atoms with E-state index in [9.17, 15) is 13.2 Å². The maximum absolute atomic E-state index is 11.9. The van der Waals surface area contributed by atoms with Gasteiger partial charge in [-0.15, -0.1) is 11.8 Å². The molecule has 10 heteroatoms. The molecule has 0 heterocycles. The van der Waals surface area contributed by atoms with Crippen LogP contribution in [-0.4, -0.2) is 48.3 Å². The Morgan fingerprint density at radius 1 is 1.32 bits per heavy atom. The molecule has 8 nitrogen and oxygen atoms in total. The van der Waals surface area contributed by atoms with Gasteiger partial charge in [0.1, 0.15) is 0 Å². The molecule has 0 aliphatic rings. The summed E-state index contributed by atoms with van der Waals surface area (Å²) in [6.45, 7) is 1.53. The van der Waals surface area contributed by atoms with Gasteiger partial charge in [0.2, 0.25) is 0 Å². The zero-order chi connectivity index (χ0) is 17.1. The molecule has 0 spiro atoms. The van der Waals surface area contributed by atoms with Crippen LogP contribution in [0.1, 0.15) is 17.3 Å². The molecule has 122 valence electrons. The van der Waals surface area contributed by atoms with Gasteiger partial charge in [0, 0.05) is 16.7 Å². The van der Waals surface area contributed by atoms with Gasteiger partial charge in [-0.1, -0.05) is 0 Å². The van der Waals surface area contributed by atoms with Crippen molar-refractivity contribution < 1.29 is 23.4 Å². The number of aliphatic imine (C=N–C) groups is 1. The molecule has 22 heavy (non-hydrogen) atoms. The van der Waals surface area contributed by atoms with Gasteiger partial charge in [0.25, 0.3) is 5.91 Å². The van der Waals surface area contributed by atoms with E-state index in [4.69, 9.17) is 21.7 Å². The summed E-state index contributed by atoms with van der Waals surface area (Å²) in [5.74, 6) is -1.20. The van der Waals surface area contributed by atoms with Crippen molar-refractivity contribution in [2.75, 3.05) is 6.26 Å². The standard InChI is InChI=1S/C12H17N3O5S2/c1-6(11(17)18)21-8-4-3-7(10(16)15-12(13)14)5-9(8)22(2,19)20/h3-6,11,17-18H,1-2H3,(H4,13,14,15,16)/t6-/m1/s1. The molecule has 0 aromatic heterocycles. The first kappa shape index (κ1) is 18.4. The number of carbonyl (C=O) groups excluding carboxylic acids is 1. The quantitative estimate of drug-likeness (QED) is 0.236. The average Bonchev–Trinajstić information content (AvgIpc) is 2.36. The molecule has 1 rings (SSSR count). The average molecular weight is 347 g/mol. The fraction of sp³-hybridized carbons (Fsp3) is 0.333. The van der Waals surface area contributed by atoms with Crippen molar-refractivity contribution in [1.29, 1.82) is 0 Å². The van der Waals surface area contributed by atoms with Gasteiger partial charge in [0.05, 0.1) is 10.1 Å². The molecule has 0 unspecified atom stereocenters. The Morgan fingerprint density at radius 3 is 2.36 bits per heavy atom. The summed E-state index contributed by atoms with van der Waals surface area (Å²) >= 11 is 0.964. The molecule has 0 radical (unpaired) electrons. The zero-order valence-corrected chi connectivity index (χ0v) is 13.6. The molecule has 1 atom stereocenters. The number of thioether (sulfide) groups is 1. The van der Waals surface area contributed by atoms with E-state index in [1.807, 2.05) is 0 Å². The Balaban J connectivity index is 3.32. The SMILES string of the molecule is C[C@@H](Sc1ccc(C(=O)N=C(N)N)cc1S(C)(=O)=O)C(O)O. The van der Waals surface area contributed by atoms with Crippen LogP contribution >= 0.6 is 11.8 Å². The minimum absolute atomic E-state index is 0.00961. The van der Waals surface area contributed by atoms with Gasteiger partial charge in [0.15, 0.2) is 22.1 Å². The first-order valence-corrected chi connectivity index (χ1v) is 8.80. The summed E-state index contributed by atoms with van der Waals surface area (Å²) in [5.41, 5.74) is 10.2. The summed E-state index contributed by atoms with van der Waals surface area (Å²) in [6.07, 6.45) is -0.623. The summed E-state index contributed by atoms with van der Waals surface area (Å²) in [4.78, 5) is 15.3. The minimum Gasteiger partial charge on any atom is -0.370 e. The van der Waals surface area contributed by atoms with E-state index in [2.05, 4.69) is 4.99 Å². The molecule has 1 aromatic rings. The molecule has 1 amide bonds. The number of aliphatic hydroxyl groups excluding tert-OH is 1. The highest BCUT2D eigenvalue weighted by Gasteiger charge is 2.21. The second kappa shape index (κ2) is 7.09. The lowest BCUT2D eigenvalue weighted by Crippen LogP contribution is -2.24. The van der Waals surface area contributed by atoms with E-state index >= 15 is 0 Å². The second-order valence-corrected chi connectivity index (χ2v) is 7.92. The van der Waals surface area contributed by atoms with Crippen LogP contribution in [0.25, 0.3) is 0 Å². The van der Waals surface area contributed by atoms with Crippen LogP contribution < -0.4 is 11.5 Å². The number of rotatable bonds is 5. The van der Waals surface area contributed by atoms with Crippen molar-refractivity contribution in [3.05, 3.63) is 23.8 Å². The number of carbonyl (C=O) groups is 1. The van der Waals surface area contributed by atoms with Crippen LogP contribution in [0, 0.1) is 0 Å². The van der Waals surface area contributed by atoms with E-state index in [0.717, 1.165) is 24.1 Å². The fourth-order valence-electron chi connectivity index (χ4n) is 1.47. The highest BCUT2D eigenvalue weighted by Crippen LogP contribution is 2.31. The Hall–Kier alpha value is -1.62. The van der Waals surface area contributed by atoms with E-state index in [0.29, 0.717) is 4.90 Å². The van der Waals surface area contributed by atoms with Crippen LogP contribution in [0.15, 0.2) is 33.0 Å². The number of sulfone groups is 1. The highest BCUT2D eigenvalue weighted by molar-refractivity contribution is 8.00. The molecule has 0 fully saturated rings. The number of hydrogen-bond donors (Lipinski definition) is 4. The number of benzene rings is 1. The molecular formula is C12H17N3O5S2. The largest absolute Gasteiger partial charge is 0.370 e.